The predicted molar refractivity (Wildman–Crippen MR) is 104 cm³/mol. The number of benzene rings is 1. The topological polar surface area (TPSA) is 59.4 Å². The normalized spacial score (nSPS) is 22.1. The minimum Gasteiger partial charge on any atom is -0.489 e. The minimum absolute atomic E-state index is 0.0298. The number of carbonyl (C=O) groups is 1. The van der Waals surface area contributed by atoms with Crippen molar-refractivity contribution in [2.45, 2.75) is 45.2 Å². The highest BCUT2D eigenvalue weighted by Gasteiger charge is 2.33. The Morgan fingerprint density at radius 1 is 1.22 bits per heavy atom. The van der Waals surface area contributed by atoms with Crippen molar-refractivity contribution in [1.82, 2.24) is 20.0 Å². The SMILES string of the molecule is CC(C)COc1cn(-c2ccccc2)nc1C(=O)N1CCC2CCC(C1)N2. The van der Waals surface area contributed by atoms with Crippen molar-refractivity contribution in [2.24, 2.45) is 5.92 Å². The standard InChI is InChI=1S/C21H28N4O2/c1-15(2)14-27-19-13-25(18-6-4-3-5-7-18)23-20(19)21(26)24-11-10-16-8-9-17(12-24)22-16/h3-7,13,15-17,22H,8-12,14H2,1-2H3. The van der Waals surface area contributed by atoms with Gasteiger partial charge in [-0.25, -0.2) is 4.68 Å². The summed E-state index contributed by atoms with van der Waals surface area (Å²) in [6, 6.07) is 10.8. The summed E-state index contributed by atoms with van der Waals surface area (Å²) in [5.74, 6) is 0.920. The van der Waals surface area contributed by atoms with Crippen molar-refractivity contribution in [3.63, 3.8) is 0 Å². The summed E-state index contributed by atoms with van der Waals surface area (Å²) in [5, 5.41) is 8.23. The van der Waals surface area contributed by atoms with Gasteiger partial charge in [0, 0.05) is 25.2 Å². The maximum Gasteiger partial charge on any atom is 0.278 e. The first-order valence-corrected chi connectivity index (χ1v) is 9.93. The predicted octanol–water partition coefficient (Wildman–Crippen LogP) is 2.87. The van der Waals surface area contributed by atoms with Crippen molar-refractivity contribution in [3.8, 4) is 11.4 Å². The maximum atomic E-state index is 13.3. The number of amides is 1. The molecule has 27 heavy (non-hydrogen) atoms. The zero-order valence-corrected chi connectivity index (χ0v) is 16.1. The maximum absolute atomic E-state index is 13.3. The first-order chi connectivity index (χ1) is 13.1. The molecule has 4 rings (SSSR count). The Morgan fingerprint density at radius 2 is 2.00 bits per heavy atom. The van der Waals surface area contributed by atoms with Crippen LogP contribution in [0.2, 0.25) is 0 Å². The van der Waals surface area contributed by atoms with Crippen molar-refractivity contribution in [1.29, 1.82) is 0 Å². The number of para-hydroxylation sites is 1. The van der Waals surface area contributed by atoms with Gasteiger partial charge in [-0.15, -0.1) is 0 Å². The van der Waals surface area contributed by atoms with Gasteiger partial charge in [0.2, 0.25) is 0 Å². The second-order valence-electron chi connectivity index (χ2n) is 8.00. The highest BCUT2D eigenvalue weighted by atomic mass is 16.5. The number of likely N-dealkylation sites (tertiary alicyclic amines) is 1. The Labute approximate surface area is 160 Å². The van der Waals surface area contributed by atoms with Crippen LogP contribution < -0.4 is 10.1 Å². The second-order valence-corrected chi connectivity index (χ2v) is 8.00. The van der Waals surface area contributed by atoms with E-state index in [2.05, 4.69) is 24.3 Å². The molecule has 0 radical (unpaired) electrons. The molecule has 2 unspecified atom stereocenters. The molecule has 1 aromatic heterocycles. The van der Waals surface area contributed by atoms with Crippen LogP contribution in [-0.4, -0.2) is 52.4 Å². The Kier molecular flexibility index (Phi) is 5.16. The molecule has 2 aromatic rings. The van der Waals surface area contributed by atoms with Crippen molar-refractivity contribution in [3.05, 3.63) is 42.2 Å². The molecule has 144 valence electrons. The number of aromatic nitrogens is 2. The van der Waals surface area contributed by atoms with E-state index in [9.17, 15) is 4.79 Å². The van der Waals surface area contributed by atoms with Gasteiger partial charge in [-0.2, -0.15) is 5.10 Å². The summed E-state index contributed by atoms with van der Waals surface area (Å²) in [7, 11) is 0. The van der Waals surface area contributed by atoms with E-state index in [-0.39, 0.29) is 5.91 Å². The molecule has 1 aromatic carbocycles. The number of fused-ring (bicyclic) bond motifs is 2. The number of hydrogen-bond acceptors (Lipinski definition) is 4. The molecule has 2 aliphatic heterocycles. The van der Waals surface area contributed by atoms with Crippen LogP contribution in [0.25, 0.3) is 5.69 Å². The molecule has 2 atom stereocenters. The summed E-state index contributed by atoms with van der Waals surface area (Å²) in [5.41, 5.74) is 1.33. The van der Waals surface area contributed by atoms with Gasteiger partial charge in [-0.1, -0.05) is 32.0 Å². The number of ether oxygens (including phenoxy) is 1. The largest absolute Gasteiger partial charge is 0.489 e. The molecule has 2 bridgehead atoms. The summed E-state index contributed by atoms with van der Waals surface area (Å²) in [6.45, 7) is 6.28. The lowest BCUT2D eigenvalue weighted by molar-refractivity contribution is 0.0736. The van der Waals surface area contributed by atoms with Gasteiger partial charge in [-0.3, -0.25) is 4.79 Å². The fraction of sp³-hybridized carbons (Fsp3) is 0.524. The molecule has 3 heterocycles. The zero-order valence-electron chi connectivity index (χ0n) is 16.1. The summed E-state index contributed by atoms with van der Waals surface area (Å²) < 4.78 is 7.70. The fourth-order valence-electron chi connectivity index (χ4n) is 3.86. The van der Waals surface area contributed by atoms with Crippen LogP contribution in [0.4, 0.5) is 0 Å². The van der Waals surface area contributed by atoms with Crippen LogP contribution in [-0.2, 0) is 0 Å². The van der Waals surface area contributed by atoms with E-state index in [0.717, 1.165) is 31.6 Å². The van der Waals surface area contributed by atoms with Crippen molar-refractivity contribution < 1.29 is 9.53 Å². The van der Waals surface area contributed by atoms with Crippen molar-refractivity contribution in [2.75, 3.05) is 19.7 Å². The highest BCUT2D eigenvalue weighted by Crippen LogP contribution is 2.25. The van der Waals surface area contributed by atoms with Crippen LogP contribution in [0.1, 0.15) is 43.6 Å². The second kappa shape index (κ2) is 7.72. The van der Waals surface area contributed by atoms with Gasteiger partial charge in [0.05, 0.1) is 18.5 Å². The highest BCUT2D eigenvalue weighted by molar-refractivity contribution is 5.95. The van der Waals surface area contributed by atoms with Gasteiger partial charge < -0.3 is 15.0 Å². The lowest BCUT2D eigenvalue weighted by Crippen LogP contribution is -2.39. The molecular formula is C21H28N4O2. The van der Waals surface area contributed by atoms with Gasteiger partial charge >= 0.3 is 0 Å². The summed E-state index contributed by atoms with van der Waals surface area (Å²) in [4.78, 5) is 15.2. The van der Waals surface area contributed by atoms with Gasteiger partial charge in [0.1, 0.15) is 0 Å². The van der Waals surface area contributed by atoms with Crippen LogP contribution in [0.15, 0.2) is 36.5 Å². The average Bonchev–Trinajstić information content (AvgIpc) is 3.23. The van der Waals surface area contributed by atoms with E-state index >= 15 is 0 Å². The summed E-state index contributed by atoms with van der Waals surface area (Å²) in [6.07, 6.45) is 5.19. The molecule has 0 aliphatic carbocycles. The van der Waals surface area contributed by atoms with Crippen LogP contribution in [0, 0.1) is 5.92 Å². The van der Waals surface area contributed by atoms with E-state index in [1.54, 1.807) is 4.68 Å². The monoisotopic (exact) mass is 368 g/mol. The number of carbonyl (C=O) groups excluding carboxylic acids is 1. The first-order valence-electron chi connectivity index (χ1n) is 9.93. The lowest BCUT2D eigenvalue weighted by Gasteiger charge is -2.23. The molecule has 1 amide bonds. The average molecular weight is 368 g/mol. The lowest BCUT2D eigenvalue weighted by atomic mass is 10.1. The van der Waals surface area contributed by atoms with E-state index in [1.165, 1.54) is 6.42 Å². The van der Waals surface area contributed by atoms with E-state index in [0.29, 0.717) is 36.1 Å². The number of rotatable bonds is 5. The first kappa shape index (κ1) is 18.0. The molecule has 0 spiro atoms. The zero-order chi connectivity index (χ0) is 18.8. The van der Waals surface area contributed by atoms with Crippen LogP contribution in [0.5, 0.6) is 5.75 Å². The molecule has 1 N–H and O–H groups in total. The molecule has 6 heteroatoms. The van der Waals surface area contributed by atoms with Gasteiger partial charge in [0.25, 0.3) is 5.91 Å². The third-order valence-electron chi connectivity index (χ3n) is 5.29. The van der Waals surface area contributed by atoms with Gasteiger partial charge in [0.15, 0.2) is 11.4 Å². The summed E-state index contributed by atoms with van der Waals surface area (Å²) >= 11 is 0. The number of hydrogen-bond donors (Lipinski definition) is 1. The third-order valence-corrected chi connectivity index (χ3v) is 5.29. The quantitative estimate of drug-likeness (QED) is 0.882. The minimum atomic E-state index is -0.0298. The Hall–Kier alpha value is -2.34. The van der Waals surface area contributed by atoms with Gasteiger partial charge in [-0.05, 0) is 37.3 Å². The van der Waals surface area contributed by atoms with E-state index in [4.69, 9.17) is 4.74 Å². The van der Waals surface area contributed by atoms with E-state index in [1.807, 2.05) is 41.4 Å². The molecule has 2 saturated heterocycles. The Balaban J connectivity index is 1.61. The number of nitrogens with one attached hydrogen (secondary N) is 1. The van der Waals surface area contributed by atoms with Crippen LogP contribution in [0.3, 0.4) is 0 Å². The molecule has 2 aliphatic rings. The molecule has 0 saturated carbocycles. The Morgan fingerprint density at radius 3 is 2.78 bits per heavy atom. The fourth-order valence-corrected chi connectivity index (χ4v) is 3.86. The smallest absolute Gasteiger partial charge is 0.278 e. The third kappa shape index (κ3) is 4.00. The van der Waals surface area contributed by atoms with E-state index < -0.39 is 0 Å². The molecule has 2 fully saturated rings. The molecule has 6 nitrogen and oxygen atoms in total. The molecular weight excluding hydrogens is 340 g/mol. The van der Waals surface area contributed by atoms with Crippen LogP contribution >= 0.6 is 0 Å². The Bertz CT molecular complexity index is 787. The van der Waals surface area contributed by atoms with Crippen molar-refractivity contribution >= 4 is 5.91 Å². The number of nitrogens with zero attached hydrogens (tertiary/aromatic N) is 3.